The van der Waals surface area contributed by atoms with E-state index in [2.05, 4.69) is 27.0 Å². The van der Waals surface area contributed by atoms with Crippen LogP contribution in [0.3, 0.4) is 0 Å². The van der Waals surface area contributed by atoms with Gasteiger partial charge in [0.25, 0.3) is 0 Å². The fourth-order valence-corrected chi connectivity index (χ4v) is 3.56. The lowest BCUT2D eigenvalue weighted by molar-refractivity contribution is 0.146. The standard InChI is InChI=1S/C20H28N4O/c1-23-16-14-21-19(23)11-10-18-9-5-6-15-24(18)20(25)22-13-12-17-7-3-2-4-8-17/h2-4,7-8,14,16,18H,5-6,9-13,15H2,1H3,(H,22,25). The summed E-state index contributed by atoms with van der Waals surface area (Å²) in [7, 11) is 2.03. The second-order valence-corrected chi connectivity index (χ2v) is 6.80. The maximum atomic E-state index is 12.6. The lowest BCUT2D eigenvalue weighted by atomic mass is 9.98. The number of carbonyl (C=O) groups excluding carboxylic acids is 1. The summed E-state index contributed by atoms with van der Waals surface area (Å²) in [5.74, 6) is 1.09. The number of urea groups is 1. The van der Waals surface area contributed by atoms with Crippen molar-refractivity contribution in [2.24, 2.45) is 7.05 Å². The van der Waals surface area contributed by atoms with E-state index in [1.54, 1.807) is 0 Å². The van der Waals surface area contributed by atoms with Crippen LogP contribution in [0, 0.1) is 0 Å². The second kappa shape index (κ2) is 8.70. The number of carbonyl (C=O) groups is 1. The van der Waals surface area contributed by atoms with E-state index in [1.807, 2.05) is 42.5 Å². The van der Waals surface area contributed by atoms with Crippen LogP contribution in [0.5, 0.6) is 0 Å². The highest BCUT2D eigenvalue weighted by Crippen LogP contribution is 2.21. The molecular weight excluding hydrogens is 312 g/mol. The van der Waals surface area contributed by atoms with Crippen LogP contribution in [0.4, 0.5) is 4.79 Å². The Morgan fingerprint density at radius 1 is 1.24 bits per heavy atom. The minimum atomic E-state index is 0.0838. The molecule has 1 aromatic carbocycles. The molecule has 2 heterocycles. The minimum absolute atomic E-state index is 0.0838. The molecule has 1 saturated heterocycles. The molecule has 0 spiro atoms. The number of likely N-dealkylation sites (tertiary alicyclic amines) is 1. The number of rotatable bonds is 6. The van der Waals surface area contributed by atoms with Crippen molar-refractivity contribution >= 4 is 6.03 Å². The molecule has 25 heavy (non-hydrogen) atoms. The number of aromatic nitrogens is 2. The van der Waals surface area contributed by atoms with E-state index < -0.39 is 0 Å². The number of nitrogens with zero attached hydrogens (tertiary/aromatic N) is 3. The molecule has 1 fully saturated rings. The molecule has 0 bridgehead atoms. The number of hydrogen-bond acceptors (Lipinski definition) is 2. The normalized spacial score (nSPS) is 17.5. The Morgan fingerprint density at radius 3 is 2.84 bits per heavy atom. The van der Waals surface area contributed by atoms with Gasteiger partial charge in [-0.15, -0.1) is 0 Å². The topological polar surface area (TPSA) is 50.2 Å². The number of hydrogen-bond donors (Lipinski definition) is 1. The zero-order chi connectivity index (χ0) is 17.5. The molecule has 1 aliphatic rings. The average molecular weight is 340 g/mol. The summed E-state index contributed by atoms with van der Waals surface area (Å²) < 4.78 is 2.06. The number of nitrogens with one attached hydrogen (secondary N) is 1. The molecule has 134 valence electrons. The van der Waals surface area contributed by atoms with Gasteiger partial charge in [-0.1, -0.05) is 30.3 Å². The largest absolute Gasteiger partial charge is 0.338 e. The molecule has 0 saturated carbocycles. The molecule has 2 amide bonds. The zero-order valence-corrected chi connectivity index (χ0v) is 15.0. The molecule has 0 aliphatic carbocycles. The minimum Gasteiger partial charge on any atom is -0.338 e. The highest BCUT2D eigenvalue weighted by molar-refractivity contribution is 5.74. The summed E-state index contributed by atoms with van der Waals surface area (Å²) >= 11 is 0. The summed E-state index contributed by atoms with van der Waals surface area (Å²) in [6.45, 7) is 1.55. The van der Waals surface area contributed by atoms with Gasteiger partial charge in [0, 0.05) is 45.0 Å². The van der Waals surface area contributed by atoms with Crippen molar-refractivity contribution in [2.75, 3.05) is 13.1 Å². The Labute approximate surface area is 150 Å². The Bertz CT molecular complexity index is 667. The van der Waals surface area contributed by atoms with Gasteiger partial charge in [-0.2, -0.15) is 0 Å². The Balaban J connectivity index is 1.49. The average Bonchev–Trinajstić information content (AvgIpc) is 3.06. The van der Waals surface area contributed by atoms with Gasteiger partial charge in [0.1, 0.15) is 5.82 Å². The first-order valence-electron chi connectivity index (χ1n) is 9.28. The summed E-state index contributed by atoms with van der Waals surface area (Å²) in [4.78, 5) is 19.1. The van der Waals surface area contributed by atoms with Gasteiger partial charge in [0.2, 0.25) is 0 Å². The zero-order valence-electron chi connectivity index (χ0n) is 15.0. The molecule has 0 radical (unpaired) electrons. The maximum Gasteiger partial charge on any atom is 0.317 e. The Kier molecular flexibility index (Phi) is 6.09. The third kappa shape index (κ3) is 4.84. The number of aryl methyl sites for hydroxylation is 2. The highest BCUT2D eigenvalue weighted by atomic mass is 16.2. The smallest absolute Gasteiger partial charge is 0.317 e. The Morgan fingerprint density at radius 2 is 2.08 bits per heavy atom. The van der Waals surface area contributed by atoms with E-state index in [0.29, 0.717) is 12.6 Å². The Hall–Kier alpha value is -2.30. The predicted molar refractivity (Wildman–Crippen MR) is 99.4 cm³/mol. The lowest BCUT2D eigenvalue weighted by Gasteiger charge is -2.35. The van der Waals surface area contributed by atoms with Gasteiger partial charge < -0.3 is 14.8 Å². The van der Waals surface area contributed by atoms with Crippen molar-refractivity contribution in [2.45, 2.75) is 44.6 Å². The van der Waals surface area contributed by atoms with Crippen LogP contribution >= 0.6 is 0 Å². The highest BCUT2D eigenvalue weighted by Gasteiger charge is 2.26. The molecule has 1 unspecified atom stereocenters. The van der Waals surface area contributed by atoms with Crippen LogP contribution < -0.4 is 5.32 Å². The molecular formula is C20H28N4O. The van der Waals surface area contributed by atoms with E-state index >= 15 is 0 Å². The SMILES string of the molecule is Cn1ccnc1CCC1CCCCN1C(=O)NCCc1ccccc1. The first-order chi connectivity index (χ1) is 12.2. The maximum absolute atomic E-state index is 12.6. The van der Waals surface area contributed by atoms with E-state index in [0.717, 1.165) is 44.5 Å². The first-order valence-corrected chi connectivity index (χ1v) is 9.28. The van der Waals surface area contributed by atoms with E-state index in [-0.39, 0.29) is 6.03 Å². The summed E-state index contributed by atoms with van der Waals surface area (Å²) in [5.41, 5.74) is 1.26. The van der Waals surface area contributed by atoms with Gasteiger partial charge in [-0.05, 0) is 37.7 Å². The van der Waals surface area contributed by atoms with Gasteiger partial charge in [-0.3, -0.25) is 0 Å². The molecule has 1 aromatic heterocycles. The van der Waals surface area contributed by atoms with E-state index in [4.69, 9.17) is 0 Å². The number of imidazole rings is 1. The van der Waals surface area contributed by atoms with Crippen LogP contribution in [0.15, 0.2) is 42.7 Å². The fourth-order valence-electron chi connectivity index (χ4n) is 3.56. The van der Waals surface area contributed by atoms with Crippen LogP contribution in [-0.2, 0) is 19.9 Å². The van der Waals surface area contributed by atoms with Gasteiger partial charge in [0.15, 0.2) is 0 Å². The monoisotopic (exact) mass is 340 g/mol. The number of benzene rings is 1. The molecule has 2 aromatic rings. The van der Waals surface area contributed by atoms with Crippen LogP contribution in [-0.4, -0.2) is 39.6 Å². The number of piperidine rings is 1. The fraction of sp³-hybridized carbons (Fsp3) is 0.500. The van der Waals surface area contributed by atoms with Gasteiger partial charge in [0.05, 0.1) is 0 Å². The van der Waals surface area contributed by atoms with Crippen LogP contribution in [0.2, 0.25) is 0 Å². The van der Waals surface area contributed by atoms with Gasteiger partial charge in [-0.25, -0.2) is 9.78 Å². The van der Waals surface area contributed by atoms with Crippen molar-refractivity contribution in [1.82, 2.24) is 19.8 Å². The first kappa shape index (κ1) is 17.5. The molecule has 1 aliphatic heterocycles. The van der Waals surface area contributed by atoms with Crippen molar-refractivity contribution in [1.29, 1.82) is 0 Å². The van der Waals surface area contributed by atoms with Crippen molar-refractivity contribution in [3.8, 4) is 0 Å². The predicted octanol–water partition coefficient (Wildman–Crippen LogP) is 3.16. The lowest BCUT2D eigenvalue weighted by Crippen LogP contribution is -2.49. The third-order valence-corrected chi connectivity index (χ3v) is 5.04. The second-order valence-electron chi connectivity index (χ2n) is 6.80. The quantitative estimate of drug-likeness (QED) is 0.878. The molecule has 5 heteroatoms. The van der Waals surface area contributed by atoms with Gasteiger partial charge >= 0.3 is 6.03 Å². The number of amides is 2. The van der Waals surface area contributed by atoms with E-state index in [9.17, 15) is 4.79 Å². The van der Waals surface area contributed by atoms with E-state index in [1.165, 1.54) is 12.0 Å². The van der Waals surface area contributed by atoms with Crippen LogP contribution in [0.1, 0.15) is 37.1 Å². The van der Waals surface area contributed by atoms with Crippen LogP contribution in [0.25, 0.3) is 0 Å². The third-order valence-electron chi connectivity index (χ3n) is 5.04. The molecule has 3 rings (SSSR count). The van der Waals surface area contributed by atoms with Crippen molar-refractivity contribution in [3.05, 3.63) is 54.1 Å². The molecule has 5 nitrogen and oxygen atoms in total. The summed E-state index contributed by atoms with van der Waals surface area (Å²) in [6.07, 6.45) is 9.99. The van der Waals surface area contributed by atoms with Crippen molar-refractivity contribution in [3.63, 3.8) is 0 Å². The van der Waals surface area contributed by atoms with Crippen molar-refractivity contribution < 1.29 is 4.79 Å². The summed E-state index contributed by atoms with van der Waals surface area (Å²) in [6, 6.07) is 10.7. The summed E-state index contributed by atoms with van der Waals surface area (Å²) in [5, 5.41) is 3.10. The molecule has 1 atom stereocenters. The molecule has 1 N–H and O–H groups in total.